The van der Waals surface area contributed by atoms with Gasteiger partial charge in [-0.3, -0.25) is 9.69 Å². The largest absolute Gasteiger partial charge is 0.442 e. The average Bonchev–Trinajstić information content (AvgIpc) is 3.25. The number of nitrogens with one attached hydrogen (secondary N) is 2. The number of fused-ring (bicyclic) bond motifs is 1. The molecule has 1 aromatic heterocycles. The third-order valence-corrected chi connectivity index (χ3v) is 5.09. The van der Waals surface area contributed by atoms with Gasteiger partial charge in [-0.15, -0.1) is 0 Å². The molecular formula is C18H19ClN4O3. The zero-order chi connectivity index (χ0) is 18.1. The monoisotopic (exact) mass is 374 g/mol. The van der Waals surface area contributed by atoms with Crippen LogP contribution in [0.15, 0.2) is 30.6 Å². The highest BCUT2D eigenvalue weighted by Gasteiger charge is 2.33. The zero-order valence-corrected chi connectivity index (χ0v) is 14.8. The number of hydrogen-bond acceptors (Lipinski definition) is 4. The van der Waals surface area contributed by atoms with Gasteiger partial charge in [-0.1, -0.05) is 17.7 Å². The van der Waals surface area contributed by atoms with E-state index in [1.165, 1.54) is 4.90 Å². The molecule has 0 spiro atoms. The van der Waals surface area contributed by atoms with Crippen LogP contribution in [0.25, 0.3) is 0 Å². The lowest BCUT2D eigenvalue weighted by molar-refractivity contribution is -0.125. The minimum absolute atomic E-state index is 0.0116. The van der Waals surface area contributed by atoms with Crippen LogP contribution < -0.4 is 10.2 Å². The van der Waals surface area contributed by atoms with Crippen LogP contribution in [0.1, 0.15) is 17.8 Å². The van der Waals surface area contributed by atoms with Crippen molar-refractivity contribution in [3.63, 3.8) is 0 Å². The topological polar surface area (TPSA) is 87.3 Å². The fraction of sp³-hybridized carbons (Fsp3) is 0.389. The molecule has 2 atom stereocenters. The number of cyclic esters (lactones) is 1. The Morgan fingerprint density at radius 2 is 2.35 bits per heavy atom. The first kappa shape index (κ1) is 16.9. The number of halogens is 1. The highest BCUT2D eigenvalue weighted by Crippen LogP contribution is 2.25. The lowest BCUT2D eigenvalue weighted by Crippen LogP contribution is -2.39. The fourth-order valence-electron chi connectivity index (χ4n) is 3.47. The van der Waals surface area contributed by atoms with Crippen LogP contribution in [-0.2, 0) is 22.4 Å². The zero-order valence-electron chi connectivity index (χ0n) is 14.1. The molecule has 2 aromatic rings. The van der Waals surface area contributed by atoms with Crippen molar-refractivity contribution >= 4 is 29.3 Å². The van der Waals surface area contributed by atoms with Crippen LogP contribution in [0.3, 0.4) is 0 Å². The molecule has 136 valence electrons. The number of aromatic nitrogens is 2. The molecule has 1 fully saturated rings. The minimum atomic E-state index is -0.425. The Morgan fingerprint density at radius 3 is 3.19 bits per heavy atom. The normalized spacial score (nSPS) is 22.0. The maximum absolute atomic E-state index is 12.4. The second kappa shape index (κ2) is 6.99. The summed E-state index contributed by atoms with van der Waals surface area (Å²) in [5.41, 5.74) is 2.78. The number of hydrogen-bond donors (Lipinski definition) is 2. The number of H-pyrrole nitrogens is 1. The van der Waals surface area contributed by atoms with E-state index in [0.717, 1.165) is 24.2 Å². The average molecular weight is 375 g/mol. The van der Waals surface area contributed by atoms with Crippen molar-refractivity contribution in [3.05, 3.63) is 47.0 Å². The standard InChI is InChI=1S/C18H19ClN4O3/c19-12-2-1-3-13(7-12)23-9-14(26-18(23)25)8-20-17(24)11-4-5-15-16(6-11)22-10-21-15/h1-3,7,10-11,14H,4-6,8-9H2,(H,20,24)(H,21,22). The molecule has 26 heavy (non-hydrogen) atoms. The molecule has 1 aliphatic heterocycles. The number of amides is 2. The number of ether oxygens (including phenoxy) is 1. The van der Waals surface area contributed by atoms with Gasteiger partial charge in [0.1, 0.15) is 6.10 Å². The highest BCUT2D eigenvalue weighted by atomic mass is 35.5. The summed E-state index contributed by atoms with van der Waals surface area (Å²) in [6.45, 7) is 0.683. The van der Waals surface area contributed by atoms with Crippen LogP contribution >= 0.6 is 11.6 Å². The number of rotatable bonds is 4. The van der Waals surface area contributed by atoms with E-state index in [0.29, 0.717) is 30.2 Å². The predicted molar refractivity (Wildman–Crippen MR) is 96.2 cm³/mol. The van der Waals surface area contributed by atoms with Crippen LogP contribution in [0.5, 0.6) is 0 Å². The molecule has 2 aliphatic rings. The molecule has 4 rings (SSSR count). The van der Waals surface area contributed by atoms with Gasteiger partial charge in [0, 0.05) is 28.7 Å². The van der Waals surface area contributed by atoms with Crippen LogP contribution in [0, 0.1) is 5.92 Å². The Bertz CT molecular complexity index is 837. The fourth-order valence-corrected chi connectivity index (χ4v) is 3.65. The molecule has 1 saturated heterocycles. The van der Waals surface area contributed by atoms with Crippen LogP contribution in [0.4, 0.5) is 10.5 Å². The second-order valence-corrected chi connectivity index (χ2v) is 7.05. The van der Waals surface area contributed by atoms with E-state index in [9.17, 15) is 9.59 Å². The Kier molecular flexibility index (Phi) is 4.55. The summed E-state index contributed by atoms with van der Waals surface area (Å²) >= 11 is 5.98. The number of carbonyl (C=O) groups is 2. The van der Waals surface area contributed by atoms with Gasteiger partial charge >= 0.3 is 6.09 Å². The first-order chi connectivity index (χ1) is 12.6. The molecular weight excluding hydrogens is 356 g/mol. The number of aryl methyl sites for hydroxylation is 1. The number of carbonyl (C=O) groups excluding carboxylic acids is 2. The number of anilines is 1. The van der Waals surface area contributed by atoms with E-state index in [2.05, 4.69) is 15.3 Å². The van der Waals surface area contributed by atoms with Gasteiger partial charge in [0.2, 0.25) is 5.91 Å². The number of nitrogens with zero attached hydrogens (tertiary/aromatic N) is 2. The predicted octanol–water partition coefficient (Wildman–Crippen LogP) is 2.31. The van der Waals surface area contributed by atoms with Gasteiger partial charge in [-0.05, 0) is 31.0 Å². The Hall–Kier alpha value is -2.54. The van der Waals surface area contributed by atoms with Gasteiger partial charge < -0.3 is 15.0 Å². The van der Waals surface area contributed by atoms with E-state index >= 15 is 0 Å². The molecule has 8 heteroatoms. The first-order valence-electron chi connectivity index (χ1n) is 8.62. The molecule has 0 radical (unpaired) electrons. The molecule has 0 saturated carbocycles. The highest BCUT2D eigenvalue weighted by molar-refractivity contribution is 6.30. The van der Waals surface area contributed by atoms with Gasteiger partial charge in [0.25, 0.3) is 0 Å². The summed E-state index contributed by atoms with van der Waals surface area (Å²) < 4.78 is 5.36. The van der Waals surface area contributed by atoms with E-state index in [-0.39, 0.29) is 17.9 Å². The van der Waals surface area contributed by atoms with Crippen LogP contribution in [-0.4, -0.2) is 41.2 Å². The molecule has 0 bridgehead atoms. The molecule has 2 amide bonds. The van der Waals surface area contributed by atoms with Gasteiger partial charge in [-0.2, -0.15) is 0 Å². The molecule has 1 aromatic carbocycles. The molecule has 2 N–H and O–H groups in total. The lowest BCUT2D eigenvalue weighted by Gasteiger charge is -2.21. The molecule has 2 unspecified atom stereocenters. The van der Waals surface area contributed by atoms with Gasteiger partial charge in [-0.25, -0.2) is 9.78 Å². The van der Waals surface area contributed by atoms with Crippen molar-refractivity contribution < 1.29 is 14.3 Å². The summed E-state index contributed by atoms with van der Waals surface area (Å²) in [4.78, 5) is 33.4. The Morgan fingerprint density at radius 1 is 1.46 bits per heavy atom. The second-order valence-electron chi connectivity index (χ2n) is 6.61. The summed E-state index contributed by atoms with van der Waals surface area (Å²) in [5.74, 6) is -0.0911. The number of imidazole rings is 1. The van der Waals surface area contributed by atoms with Crippen LogP contribution in [0.2, 0.25) is 5.02 Å². The minimum Gasteiger partial charge on any atom is -0.442 e. The number of benzene rings is 1. The van der Waals surface area contributed by atoms with Crippen molar-refractivity contribution in [2.75, 3.05) is 18.0 Å². The van der Waals surface area contributed by atoms with E-state index in [1.54, 1.807) is 30.6 Å². The lowest BCUT2D eigenvalue weighted by atomic mass is 9.89. The Balaban J connectivity index is 1.31. The van der Waals surface area contributed by atoms with Crippen molar-refractivity contribution in [1.82, 2.24) is 15.3 Å². The third-order valence-electron chi connectivity index (χ3n) is 4.86. The van der Waals surface area contributed by atoms with Gasteiger partial charge in [0.15, 0.2) is 0 Å². The van der Waals surface area contributed by atoms with Crippen molar-refractivity contribution in [1.29, 1.82) is 0 Å². The summed E-state index contributed by atoms with van der Waals surface area (Å²) in [5, 5.41) is 3.48. The maximum Gasteiger partial charge on any atom is 0.414 e. The Labute approximate surface area is 155 Å². The maximum atomic E-state index is 12.4. The van der Waals surface area contributed by atoms with E-state index < -0.39 is 6.09 Å². The van der Waals surface area contributed by atoms with Crippen molar-refractivity contribution in [2.24, 2.45) is 5.92 Å². The third kappa shape index (κ3) is 3.39. The summed E-state index contributed by atoms with van der Waals surface area (Å²) in [7, 11) is 0. The van der Waals surface area contributed by atoms with Crippen molar-refractivity contribution in [2.45, 2.75) is 25.4 Å². The summed E-state index contributed by atoms with van der Waals surface area (Å²) in [6, 6.07) is 7.05. The molecule has 1 aliphatic carbocycles. The molecule has 7 nitrogen and oxygen atoms in total. The number of aromatic amines is 1. The smallest absolute Gasteiger partial charge is 0.414 e. The van der Waals surface area contributed by atoms with Crippen molar-refractivity contribution in [3.8, 4) is 0 Å². The molecule has 2 heterocycles. The first-order valence-corrected chi connectivity index (χ1v) is 9.00. The quantitative estimate of drug-likeness (QED) is 0.859. The van der Waals surface area contributed by atoms with E-state index in [4.69, 9.17) is 16.3 Å². The SMILES string of the molecule is O=C(NCC1CN(c2cccc(Cl)c2)C(=O)O1)C1CCc2nc[nH]c2C1. The summed E-state index contributed by atoms with van der Waals surface area (Å²) in [6.07, 6.45) is 3.12. The van der Waals surface area contributed by atoms with Gasteiger partial charge in [0.05, 0.1) is 25.1 Å². The van der Waals surface area contributed by atoms with E-state index in [1.807, 2.05) is 0 Å².